The van der Waals surface area contributed by atoms with E-state index in [9.17, 15) is 4.79 Å². The molecule has 0 radical (unpaired) electrons. The Morgan fingerprint density at radius 3 is 2.53 bits per heavy atom. The molecule has 0 bridgehead atoms. The third kappa shape index (κ3) is 6.64. The van der Waals surface area contributed by atoms with E-state index in [1.165, 1.54) is 0 Å². The summed E-state index contributed by atoms with van der Waals surface area (Å²) in [5.41, 5.74) is 0.676. The van der Waals surface area contributed by atoms with Crippen LogP contribution in [-0.2, 0) is 0 Å². The first kappa shape index (κ1) is 16.8. The summed E-state index contributed by atoms with van der Waals surface area (Å²) >= 11 is 15.4. The molecular formula is C14H18BrCl2NO. The molecule has 0 spiro atoms. The van der Waals surface area contributed by atoms with Gasteiger partial charge in [0.25, 0.3) is 5.91 Å². The molecule has 19 heavy (non-hydrogen) atoms. The van der Waals surface area contributed by atoms with Gasteiger partial charge in [-0.25, -0.2) is 0 Å². The Morgan fingerprint density at radius 1 is 1.37 bits per heavy atom. The number of rotatable bonds is 4. The Balaban J connectivity index is 2.56. The van der Waals surface area contributed by atoms with Gasteiger partial charge in [-0.15, -0.1) is 11.6 Å². The number of carbonyl (C=O) groups is 1. The molecule has 0 saturated heterocycles. The molecule has 0 aromatic heterocycles. The summed E-state index contributed by atoms with van der Waals surface area (Å²) in [5.74, 6) is -0.164. The van der Waals surface area contributed by atoms with Crippen molar-refractivity contribution >= 4 is 45.0 Å². The van der Waals surface area contributed by atoms with Gasteiger partial charge in [-0.05, 0) is 30.0 Å². The molecule has 1 atom stereocenters. The molecule has 5 heteroatoms. The Bertz CT molecular complexity index is 437. The van der Waals surface area contributed by atoms with Crippen molar-refractivity contribution in [2.24, 2.45) is 5.41 Å². The summed E-state index contributed by atoms with van der Waals surface area (Å²) in [7, 11) is 0. The molecule has 1 aromatic carbocycles. The SMILES string of the molecule is CC(C)(C)CC(Cl)CNC(=O)c1cc(Cl)cc(Br)c1. The van der Waals surface area contributed by atoms with Crippen molar-refractivity contribution in [2.45, 2.75) is 32.6 Å². The number of alkyl halides is 1. The molecule has 1 unspecified atom stereocenters. The minimum Gasteiger partial charge on any atom is -0.351 e. The van der Waals surface area contributed by atoms with Gasteiger partial charge >= 0.3 is 0 Å². The van der Waals surface area contributed by atoms with Gasteiger partial charge in [0.15, 0.2) is 0 Å². The van der Waals surface area contributed by atoms with Gasteiger partial charge < -0.3 is 5.32 Å². The van der Waals surface area contributed by atoms with Gasteiger partial charge in [0.2, 0.25) is 0 Å². The molecule has 1 amide bonds. The molecular weight excluding hydrogens is 349 g/mol. The minimum absolute atomic E-state index is 0.0772. The number of amides is 1. The first-order valence-corrected chi connectivity index (χ1v) is 7.66. The molecule has 1 N–H and O–H groups in total. The summed E-state index contributed by atoms with van der Waals surface area (Å²) in [6.07, 6.45) is 0.841. The summed E-state index contributed by atoms with van der Waals surface area (Å²) in [4.78, 5) is 12.0. The predicted molar refractivity (Wildman–Crippen MR) is 85.2 cm³/mol. The molecule has 106 valence electrons. The third-order valence-corrected chi connectivity index (χ3v) is 3.43. The van der Waals surface area contributed by atoms with Gasteiger partial charge in [0.05, 0.1) is 5.38 Å². The van der Waals surface area contributed by atoms with Gasteiger partial charge in [-0.3, -0.25) is 4.79 Å². The molecule has 0 saturated carbocycles. The maximum absolute atomic E-state index is 12.0. The van der Waals surface area contributed by atoms with E-state index in [0.29, 0.717) is 17.1 Å². The zero-order valence-corrected chi connectivity index (χ0v) is 14.4. The van der Waals surface area contributed by atoms with Gasteiger partial charge in [-0.2, -0.15) is 0 Å². The van der Waals surface area contributed by atoms with Crippen molar-refractivity contribution in [3.63, 3.8) is 0 Å². The fourth-order valence-corrected chi connectivity index (χ4v) is 3.13. The van der Waals surface area contributed by atoms with Crippen LogP contribution in [0.1, 0.15) is 37.6 Å². The monoisotopic (exact) mass is 365 g/mol. The Morgan fingerprint density at radius 2 is 2.00 bits per heavy atom. The average Bonchev–Trinajstić information content (AvgIpc) is 2.22. The van der Waals surface area contributed by atoms with Gasteiger partial charge in [0, 0.05) is 21.6 Å². The zero-order valence-electron chi connectivity index (χ0n) is 11.3. The van der Waals surface area contributed by atoms with E-state index in [1.54, 1.807) is 18.2 Å². The molecule has 0 heterocycles. The highest BCUT2D eigenvalue weighted by Crippen LogP contribution is 2.23. The fourth-order valence-electron chi connectivity index (χ4n) is 1.73. The van der Waals surface area contributed by atoms with E-state index < -0.39 is 0 Å². The highest BCUT2D eigenvalue weighted by molar-refractivity contribution is 9.10. The number of hydrogen-bond donors (Lipinski definition) is 1. The first-order chi connectivity index (χ1) is 8.67. The van der Waals surface area contributed by atoms with Crippen molar-refractivity contribution in [1.82, 2.24) is 5.32 Å². The number of halogens is 3. The van der Waals surface area contributed by atoms with Crippen molar-refractivity contribution in [1.29, 1.82) is 0 Å². The van der Waals surface area contributed by atoms with Crippen molar-refractivity contribution in [2.75, 3.05) is 6.54 Å². The Hall–Kier alpha value is -0.250. The van der Waals surface area contributed by atoms with Crippen LogP contribution in [0.2, 0.25) is 5.02 Å². The minimum atomic E-state index is -0.164. The van der Waals surface area contributed by atoms with Crippen LogP contribution in [0.5, 0.6) is 0 Å². The van der Waals surface area contributed by atoms with E-state index in [1.807, 2.05) is 0 Å². The highest BCUT2D eigenvalue weighted by Gasteiger charge is 2.17. The lowest BCUT2D eigenvalue weighted by atomic mass is 9.90. The topological polar surface area (TPSA) is 29.1 Å². The Labute approximate surface area is 133 Å². The lowest BCUT2D eigenvalue weighted by molar-refractivity contribution is 0.0952. The van der Waals surface area contributed by atoms with Crippen LogP contribution < -0.4 is 5.32 Å². The lowest BCUT2D eigenvalue weighted by Crippen LogP contribution is -2.31. The van der Waals surface area contributed by atoms with Crippen LogP contribution in [0.25, 0.3) is 0 Å². The largest absolute Gasteiger partial charge is 0.351 e. The highest BCUT2D eigenvalue weighted by atomic mass is 79.9. The van der Waals surface area contributed by atoms with Gasteiger partial charge in [-0.1, -0.05) is 48.3 Å². The van der Waals surface area contributed by atoms with Crippen LogP contribution in [0.15, 0.2) is 22.7 Å². The Kier molecular flexibility index (Phi) is 6.15. The van der Waals surface area contributed by atoms with Crippen LogP contribution in [0.3, 0.4) is 0 Å². The van der Waals surface area contributed by atoms with E-state index in [4.69, 9.17) is 23.2 Å². The van der Waals surface area contributed by atoms with Crippen LogP contribution in [-0.4, -0.2) is 17.8 Å². The number of carbonyl (C=O) groups excluding carboxylic acids is 1. The summed E-state index contributed by atoms with van der Waals surface area (Å²) in [6, 6.07) is 5.10. The summed E-state index contributed by atoms with van der Waals surface area (Å²) in [6.45, 7) is 6.82. The molecule has 1 aromatic rings. The van der Waals surface area contributed by atoms with Crippen LogP contribution in [0.4, 0.5) is 0 Å². The molecule has 1 rings (SSSR count). The molecule has 0 fully saturated rings. The van der Waals surface area contributed by atoms with Crippen LogP contribution >= 0.6 is 39.1 Å². The smallest absolute Gasteiger partial charge is 0.251 e. The molecule has 0 aliphatic heterocycles. The number of hydrogen-bond acceptors (Lipinski definition) is 1. The molecule has 0 aliphatic rings. The van der Waals surface area contributed by atoms with E-state index in [2.05, 4.69) is 42.0 Å². The van der Waals surface area contributed by atoms with Crippen LogP contribution in [0, 0.1) is 5.41 Å². The van der Waals surface area contributed by atoms with E-state index in [0.717, 1.165) is 10.9 Å². The second-order valence-electron chi connectivity index (χ2n) is 5.73. The summed E-state index contributed by atoms with van der Waals surface area (Å²) < 4.78 is 0.780. The number of benzene rings is 1. The van der Waals surface area contributed by atoms with E-state index >= 15 is 0 Å². The average molecular weight is 367 g/mol. The number of nitrogens with one attached hydrogen (secondary N) is 1. The normalized spacial score (nSPS) is 13.2. The molecule has 0 aliphatic carbocycles. The second-order valence-corrected chi connectivity index (χ2v) is 7.70. The lowest BCUT2D eigenvalue weighted by Gasteiger charge is -2.22. The fraction of sp³-hybridized carbons (Fsp3) is 0.500. The van der Waals surface area contributed by atoms with Crippen molar-refractivity contribution in [3.8, 4) is 0 Å². The standard InChI is InChI=1S/C14H18BrCl2NO/c1-14(2,3)7-12(17)8-18-13(19)9-4-10(15)6-11(16)5-9/h4-6,12H,7-8H2,1-3H3,(H,18,19). The van der Waals surface area contributed by atoms with Crippen molar-refractivity contribution < 1.29 is 4.79 Å². The summed E-state index contributed by atoms with van der Waals surface area (Å²) in [5, 5.41) is 3.27. The maximum atomic E-state index is 12.0. The predicted octanol–water partition coefficient (Wildman–Crippen LogP) is 4.88. The van der Waals surface area contributed by atoms with Crippen molar-refractivity contribution in [3.05, 3.63) is 33.3 Å². The van der Waals surface area contributed by atoms with E-state index in [-0.39, 0.29) is 16.7 Å². The second kappa shape index (κ2) is 6.96. The quantitative estimate of drug-likeness (QED) is 0.756. The maximum Gasteiger partial charge on any atom is 0.251 e. The third-order valence-electron chi connectivity index (χ3n) is 2.44. The zero-order chi connectivity index (χ0) is 14.6. The first-order valence-electron chi connectivity index (χ1n) is 6.06. The van der Waals surface area contributed by atoms with Gasteiger partial charge in [0.1, 0.15) is 0 Å². The molecule has 2 nitrogen and oxygen atoms in total.